The predicted molar refractivity (Wildman–Crippen MR) is 95.3 cm³/mol. The second kappa shape index (κ2) is 7.62. The van der Waals surface area contributed by atoms with Gasteiger partial charge in [0.2, 0.25) is 5.91 Å². The summed E-state index contributed by atoms with van der Waals surface area (Å²) in [5, 5.41) is 2.99. The van der Waals surface area contributed by atoms with Gasteiger partial charge in [-0.3, -0.25) is 4.79 Å². The first-order chi connectivity index (χ1) is 12.3. The van der Waals surface area contributed by atoms with Crippen molar-refractivity contribution in [2.45, 2.75) is 56.9 Å². The van der Waals surface area contributed by atoms with Crippen molar-refractivity contribution in [1.82, 2.24) is 5.32 Å². The molecule has 3 rings (SSSR count). The zero-order chi connectivity index (χ0) is 18.8. The number of hydrogen-bond donors (Lipinski definition) is 1. The summed E-state index contributed by atoms with van der Waals surface area (Å²) in [6.45, 7) is 0. The molecule has 144 valence electrons. The first-order valence-corrected chi connectivity index (χ1v) is 11.1. The Morgan fingerprint density at radius 2 is 1.88 bits per heavy atom. The summed E-state index contributed by atoms with van der Waals surface area (Å²) >= 11 is 0. The minimum Gasteiger partial charge on any atom is -0.346 e. The molecular formula is C19H25F2NO3S. The Morgan fingerprint density at radius 3 is 2.54 bits per heavy atom. The van der Waals surface area contributed by atoms with Gasteiger partial charge in [-0.1, -0.05) is 25.3 Å². The van der Waals surface area contributed by atoms with E-state index in [0.717, 1.165) is 25.3 Å². The van der Waals surface area contributed by atoms with Gasteiger partial charge in [0, 0.05) is 18.1 Å². The molecule has 1 unspecified atom stereocenters. The molecule has 1 saturated heterocycles. The highest BCUT2D eigenvalue weighted by Crippen LogP contribution is 2.39. The lowest BCUT2D eigenvalue weighted by atomic mass is 9.76. The third-order valence-electron chi connectivity index (χ3n) is 5.56. The molecule has 1 atom stereocenters. The first-order valence-electron chi connectivity index (χ1n) is 9.27. The molecule has 1 aliphatic heterocycles. The van der Waals surface area contributed by atoms with Crippen LogP contribution in [0.3, 0.4) is 0 Å². The lowest BCUT2D eigenvalue weighted by Gasteiger charge is -2.39. The van der Waals surface area contributed by atoms with Crippen LogP contribution in [0.25, 0.3) is 0 Å². The van der Waals surface area contributed by atoms with Crippen LogP contribution in [-0.4, -0.2) is 25.8 Å². The molecule has 0 bridgehead atoms. The lowest BCUT2D eigenvalue weighted by molar-refractivity contribution is -0.124. The molecule has 1 saturated carbocycles. The van der Waals surface area contributed by atoms with Crippen molar-refractivity contribution in [3.63, 3.8) is 0 Å². The molecule has 7 heteroatoms. The Balaban J connectivity index is 1.77. The van der Waals surface area contributed by atoms with E-state index < -0.39 is 27.0 Å². The topological polar surface area (TPSA) is 63.2 Å². The summed E-state index contributed by atoms with van der Waals surface area (Å²) < 4.78 is 51.3. The summed E-state index contributed by atoms with van der Waals surface area (Å²) in [5.41, 5.74) is -0.510. The zero-order valence-electron chi connectivity index (χ0n) is 14.8. The Hall–Kier alpha value is -1.50. The first kappa shape index (κ1) is 19.3. The van der Waals surface area contributed by atoms with Gasteiger partial charge in [-0.2, -0.15) is 0 Å². The molecule has 2 aliphatic rings. The predicted octanol–water partition coefficient (Wildman–Crippen LogP) is 3.46. The highest BCUT2D eigenvalue weighted by Gasteiger charge is 2.38. The van der Waals surface area contributed by atoms with E-state index in [2.05, 4.69) is 5.32 Å². The van der Waals surface area contributed by atoms with E-state index in [-0.39, 0.29) is 29.8 Å². The smallest absolute Gasteiger partial charge is 0.221 e. The lowest BCUT2D eigenvalue weighted by Crippen LogP contribution is -2.48. The molecule has 1 aromatic carbocycles. The van der Waals surface area contributed by atoms with Gasteiger partial charge in [-0.15, -0.1) is 0 Å². The average Bonchev–Trinajstić information content (AvgIpc) is 2.54. The largest absolute Gasteiger partial charge is 0.346 e. The van der Waals surface area contributed by atoms with E-state index in [1.165, 1.54) is 12.1 Å². The standard InChI is InChI=1S/C19H25F2NO3S/c20-15-6-7-16(17(21)12-15)19(8-2-1-3-9-19)22-18(23)11-14-5-4-10-26(24,25)13-14/h6-7,12,14H,1-5,8-11,13H2,(H,22,23). The van der Waals surface area contributed by atoms with Gasteiger partial charge >= 0.3 is 0 Å². The van der Waals surface area contributed by atoms with Crippen LogP contribution < -0.4 is 5.32 Å². The minimum atomic E-state index is -3.07. The molecule has 2 fully saturated rings. The normalized spacial score (nSPS) is 24.8. The number of rotatable bonds is 4. The molecule has 1 amide bonds. The summed E-state index contributed by atoms with van der Waals surface area (Å²) in [6.07, 6.45) is 5.35. The Bertz CT molecular complexity index is 773. The molecule has 0 aromatic heterocycles. The highest BCUT2D eigenvalue weighted by molar-refractivity contribution is 7.91. The molecule has 26 heavy (non-hydrogen) atoms. The number of halogens is 2. The van der Waals surface area contributed by atoms with Crippen molar-refractivity contribution in [1.29, 1.82) is 0 Å². The molecule has 0 radical (unpaired) electrons. The van der Waals surface area contributed by atoms with Crippen LogP contribution in [0.4, 0.5) is 8.78 Å². The van der Waals surface area contributed by atoms with Crippen LogP contribution in [0.1, 0.15) is 56.9 Å². The summed E-state index contributed by atoms with van der Waals surface area (Å²) in [6, 6.07) is 3.49. The van der Waals surface area contributed by atoms with Crippen molar-refractivity contribution in [2.24, 2.45) is 5.92 Å². The van der Waals surface area contributed by atoms with Crippen LogP contribution in [0.5, 0.6) is 0 Å². The second-order valence-electron chi connectivity index (χ2n) is 7.64. The van der Waals surface area contributed by atoms with E-state index in [4.69, 9.17) is 0 Å². The number of carbonyl (C=O) groups is 1. The number of hydrogen-bond acceptors (Lipinski definition) is 3. The fourth-order valence-corrected chi connectivity index (χ4v) is 6.13. The van der Waals surface area contributed by atoms with Gasteiger partial charge in [-0.25, -0.2) is 17.2 Å². The summed E-state index contributed by atoms with van der Waals surface area (Å²) in [5.74, 6) is -1.50. The Kier molecular flexibility index (Phi) is 5.65. The monoisotopic (exact) mass is 385 g/mol. The minimum absolute atomic E-state index is 0.0400. The number of carbonyl (C=O) groups excluding carboxylic acids is 1. The number of nitrogens with one attached hydrogen (secondary N) is 1. The quantitative estimate of drug-likeness (QED) is 0.863. The molecule has 1 aliphatic carbocycles. The highest BCUT2D eigenvalue weighted by atomic mass is 32.2. The van der Waals surface area contributed by atoms with Gasteiger partial charge in [0.15, 0.2) is 9.84 Å². The van der Waals surface area contributed by atoms with E-state index in [9.17, 15) is 22.0 Å². The molecular weight excluding hydrogens is 360 g/mol. The maximum Gasteiger partial charge on any atom is 0.221 e. The van der Waals surface area contributed by atoms with Crippen LogP contribution in [0, 0.1) is 17.6 Å². The van der Waals surface area contributed by atoms with Crippen molar-refractivity contribution in [3.05, 3.63) is 35.4 Å². The molecule has 1 heterocycles. The van der Waals surface area contributed by atoms with Crippen molar-refractivity contribution < 1.29 is 22.0 Å². The third-order valence-corrected chi connectivity index (χ3v) is 7.45. The van der Waals surface area contributed by atoms with Crippen molar-refractivity contribution >= 4 is 15.7 Å². The van der Waals surface area contributed by atoms with Gasteiger partial charge in [0.1, 0.15) is 11.6 Å². The SMILES string of the molecule is O=C(CC1CCCS(=O)(=O)C1)NC1(c2ccc(F)cc2F)CCCCC1. The summed E-state index contributed by atoms with van der Waals surface area (Å²) in [4.78, 5) is 12.6. The van der Waals surface area contributed by atoms with Crippen LogP contribution in [0.2, 0.25) is 0 Å². The number of amides is 1. The van der Waals surface area contributed by atoms with E-state index in [1.54, 1.807) is 0 Å². The second-order valence-corrected chi connectivity index (χ2v) is 9.87. The van der Waals surface area contributed by atoms with Crippen LogP contribution in [0.15, 0.2) is 18.2 Å². The summed E-state index contributed by atoms with van der Waals surface area (Å²) in [7, 11) is -3.07. The fraction of sp³-hybridized carbons (Fsp3) is 0.632. The van der Waals surface area contributed by atoms with Gasteiger partial charge < -0.3 is 5.32 Å². The third kappa shape index (κ3) is 4.42. The Morgan fingerprint density at radius 1 is 1.15 bits per heavy atom. The van der Waals surface area contributed by atoms with Gasteiger partial charge in [0.25, 0.3) is 0 Å². The van der Waals surface area contributed by atoms with Crippen LogP contribution in [-0.2, 0) is 20.2 Å². The fourth-order valence-electron chi connectivity index (χ4n) is 4.35. The zero-order valence-corrected chi connectivity index (χ0v) is 15.6. The molecule has 4 nitrogen and oxygen atoms in total. The average molecular weight is 385 g/mol. The van der Waals surface area contributed by atoms with Crippen LogP contribution >= 0.6 is 0 Å². The van der Waals surface area contributed by atoms with E-state index in [0.29, 0.717) is 31.2 Å². The van der Waals surface area contributed by atoms with Crippen molar-refractivity contribution in [2.75, 3.05) is 11.5 Å². The van der Waals surface area contributed by atoms with Crippen molar-refractivity contribution in [3.8, 4) is 0 Å². The maximum absolute atomic E-state index is 14.4. The maximum atomic E-state index is 14.4. The van der Waals surface area contributed by atoms with E-state index >= 15 is 0 Å². The van der Waals surface area contributed by atoms with Gasteiger partial charge in [0.05, 0.1) is 17.0 Å². The Labute approximate surface area is 153 Å². The van der Waals surface area contributed by atoms with Gasteiger partial charge in [-0.05, 0) is 37.7 Å². The molecule has 1 aromatic rings. The van der Waals surface area contributed by atoms with E-state index in [1.807, 2.05) is 0 Å². The molecule has 1 N–H and O–H groups in total. The number of sulfone groups is 1. The number of benzene rings is 1. The molecule has 0 spiro atoms.